The number of rotatable bonds is 5. The summed E-state index contributed by atoms with van der Waals surface area (Å²) in [5, 5.41) is 5.98. The second-order valence-corrected chi connectivity index (χ2v) is 6.76. The van der Waals surface area contributed by atoms with Gasteiger partial charge in [-0.3, -0.25) is 4.79 Å². The van der Waals surface area contributed by atoms with E-state index < -0.39 is 10.0 Å². The minimum Gasteiger partial charge on any atom is -0.325 e. The predicted molar refractivity (Wildman–Crippen MR) is 77.8 cm³/mol. The Kier molecular flexibility index (Phi) is 4.74. The van der Waals surface area contributed by atoms with Crippen LogP contribution in [-0.4, -0.2) is 33.2 Å². The monoisotopic (exact) mass is 297 g/mol. The third-order valence-electron chi connectivity index (χ3n) is 3.14. The number of anilines is 1. The Morgan fingerprint density at radius 1 is 1.35 bits per heavy atom. The van der Waals surface area contributed by atoms with Crippen molar-refractivity contribution in [1.82, 2.24) is 10.0 Å². The van der Waals surface area contributed by atoms with Gasteiger partial charge in [-0.05, 0) is 37.1 Å². The molecule has 0 spiro atoms. The molecule has 20 heavy (non-hydrogen) atoms. The SMILES string of the molecule is CS(=O)(=O)NCc1ccc(NC(=O)C2CCCN2)cc1. The summed E-state index contributed by atoms with van der Waals surface area (Å²) in [6.07, 6.45) is 3.01. The molecule has 1 unspecified atom stereocenters. The van der Waals surface area contributed by atoms with Gasteiger partial charge in [0.1, 0.15) is 0 Å². The fourth-order valence-electron chi connectivity index (χ4n) is 2.06. The largest absolute Gasteiger partial charge is 0.325 e. The molecule has 7 heteroatoms. The molecule has 1 aliphatic rings. The number of carbonyl (C=O) groups is 1. The number of benzene rings is 1. The first-order valence-corrected chi connectivity index (χ1v) is 8.41. The van der Waals surface area contributed by atoms with E-state index in [1.54, 1.807) is 24.3 Å². The minimum absolute atomic E-state index is 0.0236. The van der Waals surface area contributed by atoms with Crippen LogP contribution in [0.5, 0.6) is 0 Å². The third-order valence-corrected chi connectivity index (χ3v) is 3.81. The van der Waals surface area contributed by atoms with Crippen molar-refractivity contribution in [3.63, 3.8) is 0 Å². The van der Waals surface area contributed by atoms with Crippen LogP contribution >= 0.6 is 0 Å². The first-order valence-electron chi connectivity index (χ1n) is 6.52. The zero-order chi connectivity index (χ0) is 14.6. The lowest BCUT2D eigenvalue weighted by atomic mass is 10.2. The minimum atomic E-state index is -3.19. The van der Waals surface area contributed by atoms with E-state index in [0.717, 1.165) is 31.2 Å². The fraction of sp³-hybridized carbons (Fsp3) is 0.462. The highest BCUT2D eigenvalue weighted by Gasteiger charge is 2.21. The Bertz CT molecular complexity index is 563. The number of hydrogen-bond acceptors (Lipinski definition) is 4. The lowest BCUT2D eigenvalue weighted by Crippen LogP contribution is -2.35. The fourth-order valence-corrected chi connectivity index (χ4v) is 2.49. The summed E-state index contributed by atoms with van der Waals surface area (Å²) < 4.78 is 24.4. The first-order chi connectivity index (χ1) is 9.44. The number of sulfonamides is 1. The van der Waals surface area contributed by atoms with Gasteiger partial charge < -0.3 is 10.6 Å². The van der Waals surface area contributed by atoms with Crippen molar-refractivity contribution < 1.29 is 13.2 Å². The first kappa shape index (κ1) is 15.0. The van der Waals surface area contributed by atoms with Crippen LogP contribution in [0.25, 0.3) is 0 Å². The van der Waals surface area contributed by atoms with Crippen LogP contribution in [0.4, 0.5) is 5.69 Å². The predicted octanol–water partition coefficient (Wildman–Crippen LogP) is 0.426. The van der Waals surface area contributed by atoms with Crippen molar-refractivity contribution in [2.24, 2.45) is 0 Å². The Balaban J connectivity index is 1.89. The molecule has 2 rings (SSSR count). The normalized spacial score (nSPS) is 18.9. The van der Waals surface area contributed by atoms with Gasteiger partial charge in [0.2, 0.25) is 15.9 Å². The molecule has 0 aliphatic carbocycles. The summed E-state index contributed by atoms with van der Waals surface area (Å²) >= 11 is 0. The van der Waals surface area contributed by atoms with Gasteiger partial charge in [0.15, 0.2) is 0 Å². The summed E-state index contributed by atoms with van der Waals surface area (Å²) in [6.45, 7) is 1.13. The molecule has 0 radical (unpaired) electrons. The van der Waals surface area contributed by atoms with Gasteiger partial charge in [-0.15, -0.1) is 0 Å². The smallest absolute Gasteiger partial charge is 0.241 e. The molecule has 0 saturated carbocycles. The van der Waals surface area contributed by atoms with Crippen LogP contribution in [-0.2, 0) is 21.4 Å². The molecule has 1 saturated heterocycles. The number of carbonyl (C=O) groups excluding carboxylic acids is 1. The van der Waals surface area contributed by atoms with E-state index in [2.05, 4.69) is 15.4 Å². The van der Waals surface area contributed by atoms with Crippen molar-refractivity contribution in [2.75, 3.05) is 18.1 Å². The molecule has 1 aliphatic heterocycles. The zero-order valence-corrected chi connectivity index (χ0v) is 12.2. The van der Waals surface area contributed by atoms with Crippen LogP contribution in [0.3, 0.4) is 0 Å². The Morgan fingerprint density at radius 3 is 2.60 bits per heavy atom. The molecule has 0 aromatic heterocycles. The van der Waals surface area contributed by atoms with Crippen molar-refractivity contribution in [1.29, 1.82) is 0 Å². The van der Waals surface area contributed by atoms with E-state index in [-0.39, 0.29) is 18.5 Å². The van der Waals surface area contributed by atoms with E-state index in [1.807, 2.05) is 0 Å². The lowest BCUT2D eigenvalue weighted by Gasteiger charge is -2.11. The van der Waals surface area contributed by atoms with Gasteiger partial charge in [0.05, 0.1) is 12.3 Å². The van der Waals surface area contributed by atoms with Crippen LogP contribution in [0.2, 0.25) is 0 Å². The summed E-state index contributed by atoms with van der Waals surface area (Å²) in [7, 11) is -3.19. The molecule has 6 nitrogen and oxygen atoms in total. The molecule has 110 valence electrons. The van der Waals surface area contributed by atoms with Crippen LogP contribution in [0, 0.1) is 0 Å². The standard InChI is InChI=1S/C13H19N3O3S/c1-20(18,19)15-9-10-4-6-11(7-5-10)16-13(17)12-3-2-8-14-12/h4-7,12,14-15H,2-3,8-9H2,1H3,(H,16,17). The number of amides is 1. The number of nitrogens with one attached hydrogen (secondary N) is 3. The molecule has 3 N–H and O–H groups in total. The van der Waals surface area contributed by atoms with Gasteiger partial charge in [0.25, 0.3) is 0 Å². The Labute approximate surface area is 119 Å². The molecular formula is C13H19N3O3S. The van der Waals surface area contributed by atoms with Crippen LogP contribution in [0.15, 0.2) is 24.3 Å². The highest BCUT2D eigenvalue weighted by molar-refractivity contribution is 7.88. The van der Waals surface area contributed by atoms with Gasteiger partial charge >= 0.3 is 0 Å². The Hall–Kier alpha value is -1.44. The molecule has 1 fully saturated rings. The molecule has 1 amide bonds. The lowest BCUT2D eigenvalue weighted by molar-refractivity contribution is -0.117. The zero-order valence-electron chi connectivity index (χ0n) is 11.3. The van der Waals surface area contributed by atoms with E-state index >= 15 is 0 Å². The van der Waals surface area contributed by atoms with E-state index in [0.29, 0.717) is 5.69 Å². The molecule has 1 aromatic rings. The summed E-state index contributed by atoms with van der Waals surface area (Å²) in [5.41, 5.74) is 1.55. The van der Waals surface area contributed by atoms with E-state index in [9.17, 15) is 13.2 Å². The second-order valence-electron chi connectivity index (χ2n) is 4.93. The van der Waals surface area contributed by atoms with Crippen molar-refractivity contribution in [3.8, 4) is 0 Å². The average Bonchev–Trinajstić information content (AvgIpc) is 2.91. The summed E-state index contributed by atoms with van der Waals surface area (Å²) in [5.74, 6) is -0.0236. The second kappa shape index (κ2) is 6.34. The van der Waals surface area contributed by atoms with Crippen molar-refractivity contribution in [3.05, 3.63) is 29.8 Å². The third kappa shape index (κ3) is 4.59. The summed E-state index contributed by atoms with van der Waals surface area (Å²) in [6, 6.07) is 7.01. The highest BCUT2D eigenvalue weighted by atomic mass is 32.2. The molecule has 1 atom stereocenters. The van der Waals surface area contributed by atoms with Crippen molar-refractivity contribution in [2.45, 2.75) is 25.4 Å². The topological polar surface area (TPSA) is 87.3 Å². The average molecular weight is 297 g/mol. The van der Waals surface area contributed by atoms with Crippen LogP contribution < -0.4 is 15.4 Å². The van der Waals surface area contributed by atoms with Gasteiger partial charge in [-0.1, -0.05) is 12.1 Å². The molecule has 1 aromatic carbocycles. The molecule has 1 heterocycles. The number of hydrogen-bond donors (Lipinski definition) is 3. The highest BCUT2D eigenvalue weighted by Crippen LogP contribution is 2.12. The maximum atomic E-state index is 11.9. The maximum Gasteiger partial charge on any atom is 0.241 e. The summed E-state index contributed by atoms with van der Waals surface area (Å²) in [4.78, 5) is 11.9. The van der Waals surface area contributed by atoms with Gasteiger partial charge in [0, 0.05) is 12.2 Å². The van der Waals surface area contributed by atoms with Gasteiger partial charge in [-0.25, -0.2) is 13.1 Å². The van der Waals surface area contributed by atoms with Crippen molar-refractivity contribution >= 4 is 21.6 Å². The van der Waals surface area contributed by atoms with E-state index in [1.165, 1.54) is 0 Å². The van der Waals surface area contributed by atoms with E-state index in [4.69, 9.17) is 0 Å². The Morgan fingerprint density at radius 2 is 2.05 bits per heavy atom. The van der Waals surface area contributed by atoms with Gasteiger partial charge in [-0.2, -0.15) is 0 Å². The maximum absolute atomic E-state index is 11.9. The molecule has 0 bridgehead atoms. The molecular weight excluding hydrogens is 278 g/mol. The van der Waals surface area contributed by atoms with Crippen LogP contribution in [0.1, 0.15) is 18.4 Å². The quantitative estimate of drug-likeness (QED) is 0.735.